The first-order valence-electron chi connectivity index (χ1n) is 7.76. The SMILES string of the molecule is O=C(NCC1CCC(Cl)CC1)c1ccc2c(c1)CCC2. The Kier molecular flexibility index (Phi) is 4.30. The summed E-state index contributed by atoms with van der Waals surface area (Å²) in [5, 5.41) is 3.44. The Morgan fingerprint density at radius 2 is 1.90 bits per heavy atom. The average molecular weight is 292 g/mol. The van der Waals surface area contributed by atoms with Gasteiger partial charge in [-0.2, -0.15) is 0 Å². The van der Waals surface area contributed by atoms with Crippen LogP contribution in [0, 0.1) is 5.92 Å². The number of hydrogen-bond donors (Lipinski definition) is 1. The predicted molar refractivity (Wildman–Crippen MR) is 82.4 cm³/mol. The summed E-state index contributed by atoms with van der Waals surface area (Å²) in [6.45, 7) is 0.791. The van der Waals surface area contributed by atoms with Gasteiger partial charge in [0.1, 0.15) is 0 Å². The van der Waals surface area contributed by atoms with Crippen molar-refractivity contribution in [3.8, 4) is 0 Å². The number of carbonyl (C=O) groups excluding carboxylic acids is 1. The van der Waals surface area contributed by atoms with Crippen molar-refractivity contribution in [1.82, 2.24) is 5.32 Å². The van der Waals surface area contributed by atoms with E-state index < -0.39 is 0 Å². The lowest BCUT2D eigenvalue weighted by molar-refractivity contribution is 0.0943. The fraction of sp³-hybridized carbons (Fsp3) is 0.588. The molecule has 0 atom stereocenters. The number of carbonyl (C=O) groups is 1. The van der Waals surface area contributed by atoms with Gasteiger partial charge < -0.3 is 5.32 Å². The maximum Gasteiger partial charge on any atom is 0.251 e. The summed E-state index contributed by atoms with van der Waals surface area (Å²) in [7, 11) is 0. The van der Waals surface area contributed by atoms with E-state index in [1.54, 1.807) is 0 Å². The molecule has 1 saturated carbocycles. The van der Waals surface area contributed by atoms with Crippen molar-refractivity contribution in [2.75, 3.05) is 6.54 Å². The molecule has 0 saturated heterocycles. The highest BCUT2D eigenvalue weighted by Crippen LogP contribution is 2.27. The zero-order valence-electron chi connectivity index (χ0n) is 11.8. The molecular weight excluding hydrogens is 270 g/mol. The lowest BCUT2D eigenvalue weighted by Gasteiger charge is -2.25. The predicted octanol–water partition coefficient (Wildman–Crippen LogP) is 3.70. The zero-order chi connectivity index (χ0) is 13.9. The summed E-state index contributed by atoms with van der Waals surface area (Å²) in [6, 6.07) is 6.17. The third-order valence-electron chi connectivity index (χ3n) is 4.69. The average Bonchev–Trinajstić information content (AvgIpc) is 2.93. The standard InChI is InChI=1S/C17H22ClNO/c18-16-8-4-12(5-9-16)11-19-17(20)15-7-6-13-2-1-3-14(13)10-15/h6-7,10,12,16H,1-5,8-9,11H2,(H,19,20). The van der Waals surface area contributed by atoms with E-state index in [2.05, 4.69) is 17.4 Å². The van der Waals surface area contributed by atoms with Crippen molar-refractivity contribution < 1.29 is 4.79 Å². The number of fused-ring (bicyclic) bond motifs is 1. The molecule has 1 aromatic carbocycles. The second-order valence-corrected chi connectivity index (χ2v) is 6.78. The van der Waals surface area contributed by atoms with E-state index in [9.17, 15) is 4.79 Å². The first kappa shape index (κ1) is 13.9. The van der Waals surface area contributed by atoms with E-state index in [4.69, 9.17) is 11.6 Å². The number of nitrogens with one attached hydrogen (secondary N) is 1. The number of alkyl halides is 1. The second kappa shape index (κ2) is 6.17. The summed E-state index contributed by atoms with van der Waals surface area (Å²) in [6.07, 6.45) is 7.95. The summed E-state index contributed by atoms with van der Waals surface area (Å²) in [5.74, 6) is 0.677. The molecule has 20 heavy (non-hydrogen) atoms. The van der Waals surface area contributed by atoms with Gasteiger partial charge in [-0.05, 0) is 74.1 Å². The molecule has 2 aliphatic rings. The largest absolute Gasteiger partial charge is 0.352 e. The molecule has 108 valence electrons. The van der Waals surface area contributed by atoms with Crippen molar-refractivity contribution in [3.63, 3.8) is 0 Å². The highest BCUT2D eigenvalue weighted by Gasteiger charge is 2.20. The van der Waals surface area contributed by atoms with Crippen LogP contribution in [-0.2, 0) is 12.8 Å². The molecule has 0 radical (unpaired) electrons. The zero-order valence-corrected chi connectivity index (χ0v) is 12.6. The van der Waals surface area contributed by atoms with Gasteiger partial charge in [0, 0.05) is 17.5 Å². The molecular formula is C17H22ClNO. The fourth-order valence-corrected chi connectivity index (χ4v) is 3.63. The molecule has 1 amide bonds. The quantitative estimate of drug-likeness (QED) is 0.845. The third-order valence-corrected chi connectivity index (χ3v) is 5.12. The lowest BCUT2D eigenvalue weighted by atomic mass is 9.89. The van der Waals surface area contributed by atoms with Crippen molar-refractivity contribution in [3.05, 3.63) is 34.9 Å². The van der Waals surface area contributed by atoms with Crippen LogP contribution in [0.2, 0.25) is 0 Å². The molecule has 1 fully saturated rings. The molecule has 0 bridgehead atoms. The van der Waals surface area contributed by atoms with Crippen molar-refractivity contribution in [1.29, 1.82) is 0 Å². The number of hydrogen-bond acceptors (Lipinski definition) is 1. The van der Waals surface area contributed by atoms with Gasteiger partial charge in [0.15, 0.2) is 0 Å². The van der Waals surface area contributed by atoms with E-state index in [1.165, 1.54) is 24.0 Å². The third kappa shape index (κ3) is 3.17. The van der Waals surface area contributed by atoms with Crippen molar-refractivity contribution in [2.24, 2.45) is 5.92 Å². The van der Waals surface area contributed by atoms with Gasteiger partial charge in [-0.1, -0.05) is 6.07 Å². The Balaban J connectivity index is 1.54. The molecule has 3 heteroatoms. The summed E-state index contributed by atoms with van der Waals surface area (Å²) >= 11 is 6.11. The Bertz CT molecular complexity index is 492. The maximum atomic E-state index is 12.2. The fourth-order valence-electron chi connectivity index (χ4n) is 3.38. The molecule has 0 aliphatic heterocycles. The first-order valence-corrected chi connectivity index (χ1v) is 8.20. The number of rotatable bonds is 3. The van der Waals surface area contributed by atoms with E-state index >= 15 is 0 Å². The van der Waals surface area contributed by atoms with E-state index in [-0.39, 0.29) is 5.91 Å². The highest BCUT2D eigenvalue weighted by atomic mass is 35.5. The topological polar surface area (TPSA) is 29.1 Å². The van der Waals surface area contributed by atoms with E-state index in [0.29, 0.717) is 11.3 Å². The minimum absolute atomic E-state index is 0.0766. The number of halogens is 1. The lowest BCUT2D eigenvalue weighted by Crippen LogP contribution is -2.31. The molecule has 0 spiro atoms. The maximum absolute atomic E-state index is 12.2. The van der Waals surface area contributed by atoms with Crippen LogP contribution in [0.1, 0.15) is 53.6 Å². The van der Waals surface area contributed by atoms with Crippen LogP contribution in [-0.4, -0.2) is 17.8 Å². The number of aryl methyl sites for hydroxylation is 2. The molecule has 2 nitrogen and oxygen atoms in total. The summed E-state index contributed by atoms with van der Waals surface area (Å²) < 4.78 is 0. The van der Waals surface area contributed by atoms with Crippen LogP contribution in [0.4, 0.5) is 0 Å². The van der Waals surface area contributed by atoms with Gasteiger partial charge in [0.05, 0.1) is 0 Å². The van der Waals surface area contributed by atoms with Crippen LogP contribution in [0.5, 0.6) is 0 Å². The van der Waals surface area contributed by atoms with Gasteiger partial charge in [-0.25, -0.2) is 0 Å². The molecule has 0 unspecified atom stereocenters. The van der Waals surface area contributed by atoms with Crippen LogP contribution in [0.15, 0.2) is 18.2 Å². The minimum atomic E-state index is 0.0766. The van der Waals surface area contributed by atoms with Crippen molar-refractivity contribution in [2.45, 2.75) is 50.3 Å². The van der Waals surface area contributed by atoms with Crippen molar-refractivity contribution >= 4 is 17.5 Å². The van der Waals surface area contributed by atoms with Crippen LogP contribution in [0.3, 0.4) is 0 Å². The van der Waals surface area contributed by atoms with Gasteiger partial charge in [0.25, 0.3) is 5.91 Å². The minimum Gasteiger partial charge on any atom is -0.352 e. The normalized spacial score (nSPS) is 25.2. The number of benzene rings is 1. The Morgan fingerprint density at radius 1 is 1.15 bits per heavy atom. The summed E-state index contributed by atoms with van der Waals surface area (Å²) in [5.41, 5.74) is 3.60. The van der Waals surface area contributed by atoms with Crippen LogP contribution >= 0.6 is 11.6 Å². The second-order valence-electron chi connectivity index (χ2n) is 6.17. The molecule has 1 aromatic rings. The van der Waals surface area contributed by atoms with Gasteiger partial charge in [-0.15, -0.1) is 11.6 Å². The Morgan fingerprint density at radius 3 is 2.70 bits per heavy atom. The summed E-state index contributed by atoms with van der Waals surface area (Å²) in [4.78, 5) is 12.2. The monoisotopic (exact) mass is 291 g/mol. The van der Waals surface area contributed by atoms with Gasteiger partial charge in [0.2, 0.25) is 0 Å². The van der Waals surface area contributed by atoms with Gasteiger partial charge >= 0.3 is 0 Å². The smallest absolute Gasteiger partial charge is 0.251 e. The Hall–Kier alpha value is -1.02. The molecule has 3 rings (SSSR count). The van der Waals surface area contributed by atoms with E-state index in [1.807, 2.05) is 6.07 Å². The number of amides is 1. The molecule has 0 heterocycles. The molecule has 2 aliphatic carbocycles. The van der Waals surface area contributed by atoms with Crippen LogP contribution < -0.4 is 5.32 Å². The van der Waals surface area contributed by atoms with Gasteiger partial charge in [-0.3, -0.25) is 4.79 Å². The van der Waals surface area contributed by atoms with E-state index in [0.717, 1.165) is 44.2 Å². The molecule has 0 aromatic heterocycles. The Labute approximate surface area is 125 Å². The first-order chi connectivity index (χ1) is 9.72. The van der Waals surface area contributed by atoms with Crippen LogP contribution in [0.25, 0.3) is 0 Å². The molecule has 1 N–H and O–H groups in total. The highest BCUT2D eigenvalue weighted by molar-refractivity contribution is 6.20.